The Morgan fingerprint density at radius 1 is 1.47 bits per heavy atom. The lowest BCUT2D eigenvalue weighted by molar-refractivity contribution is 0.125. The Labute approximate surface area is 93.2 Å². The normalized spacial score (nSPS) is 36.4. The zero-order valence-corrected chi connectivity index (χ0v) is 10.0. The van der Waals surface area contributed by atoms with E-state index in [-0.39, 0.29) is 0 Å². The molecule has 3 heteroatoms. The van der Waals surface area contributed by atoms with Gasteiger partial charge in [0, 0.05) is 32.3 Å². The Morgan fingerprint density at radius 3 is 3.07 bits per heavy atom. The molecule has 0 saturated carbocycles. The van der Waals surface area contributed by atoms with Crippen LogP contribution in [-0.2, 0) is 4.74 Å². The highest BCUT2D eigenvalue weighted by Crippen LogP contribution is 2.21. The first-order chi connectivity index (χ1) is 7.27. The van der Waals surface area contributed by atoms with Gasteiger partial charge in [0.15, 0.2) is 0 Å². The molecule has 2 fully saturated rings. The molecule has 3 unspecified atom stereocenters. The van der Waals surface area contributed by atoms with Gasteiger partial charge in [-0.15, -0.1) is 0 Å². The Hall–Kier alpha value is -0.120. The molecular formula is C12H24N2O. The van der Waals surface area contributed by atoms with Crippen molar-refractivity contribution in [3.8, 4) is 0 Å². The first-order valence-electron chi connectivity index (χ1n) is 6.30. The van der Waals surface area contributed by atoms with Crippen LogP contribution in [0.25, 0.3) is 0 Å². The maximum Gasteiger partial charge on any atom is 0.0509 e. The average molecular weight is 212 g/mol. The van der Waals surface area contributed by atoms with Crippen LogP contribution in [0.5, 0.6) is 0 Å². The predicted octanol–water partition coefficient (Wildman–Crippen LogP) is 0.953. The lowest BCUT2D eigenvalue weighted by Crippen LogP contribution is -2.42. The third kappa shape index (κ3) is 2.92. The predicted molar refractivity (Wildman–Crippen MR) is 62.0 cm³/mol. The Morgan fingerprint density at radius 2 is 2.33 bits per heavy atom. The van der Waals surface area contributed by atoms with Crippen LogP contribution in [0.2, 0.25) is 0 Å². The molecule has 0 aromatic rings. The molecule has 2 heterocycles. The van der Waals surface area contributed by atoms with Crippen molar-refractivity contribution in [2.45, 2.75) is 26.3 Å². The van der Waals surface area contributed by atoms with E-state index in [1.807, 2.05) is 0 Å². The van der Waals surface area contributed by atoms with Crippen molar-refractivity contribution >= 4 is 0 Å². The van der Waals surface area contributed by atoms with Crippen LogP contribution in [0.3, 0.4) is 0 Å². The zero-order chi connectivity index (χ0) is 10.7. The highest BCUT2D eigenvalue weighted by Gasteiger charge is 2.28. The van der Waals surface area contributed by atoms with E-state index in [1.165, 1.54) is 26.1 Å². The monoisotopic (exact) mass is 212 g/mol. The molecule has 88 valence electrons. The van der Waals surface area contributed by atoms with Gasteiger partial charge in [-0.05, 0) is 31.7 Å². The van der Waals surface area contributed by atoms with Gasteiger partial charge in [0.05, 0.1) is 6.61 Å². The maximum atomic E-state index is 5.48. The van der Waals surface area contributed by atoms with Crippen LogP contribution in [0.15, 0.2) is 0 Å². The molecule has 1 N–H and O–H groups in total. The molecule has 0 spiro atoms. The van der Waals surface area contributed by atoms with Gasteiger partial charge in [-0.2, -0.15) is 0 Å². The fraction of sp³-hybridized carbons (Fsp3) is 1.00. The molecule has 0 aromatic heterocycles. The van der Waals surface area contributed by atoms with Crippen LogP contribution >= 0.6 is 0 Å². The van der Waals surface area contributed by atoms with E-state index in [2.05, 4.69) is 24.1 Å². The number of rotatable bonds is 2. The smallest absolute Gasteiger partial charge is 0.0509 e. The van der Waals surface area contributed by atoms with Crippen LogP contribution in [0.1, 0.15) is 20.3 Å². The third-order valence-electron chi connectivity index (χ3n) is 3.84. The lowest BCUT2D eigenvalue weighted by Gasteiger charge is -2.32. The van der Waals surface area contributed by atoms with Gasteiger partial charge in [-0.1, -0.05) is 6.92 Å². The molecule has 3 atom stereocenters. The van der Waals surface area contributed by atoms with Gasteiger partial charge in [0.25, 0.3) is 0 Å². The molecule has 2 rings (SSSR count). The Kier molecular flexibility index (Phi) is 4.00. The van der Waals surface area contributed by atoms with Crippen LogP contribution in [-0.4, -0.2) is 50.3 Å². The topological polar surface area (TPSA) is 24.5 Å². The van der Waals surface area contributed by atoms with Gasteiger partial charge in [-0.25, -0.2) is 0 Å². The van der Waals surface area contributed by atoms with Crippen molar-refractivity contribution in [1.29, 1.82) is 0 Å². The van der Waals surface area contributed by atoms with Gasteiger partial charge in [0.2, 0.25) is 0 Å². The highest BCUT2D eigenvalue weighted by molar-refractivity contribution is 4.81. The van der Waals surface area contributed by atoms with Crippen molar-refractivity contribution in [2.24, 2.45) is 11.8 Å². The van der Waals surface area contributed by atoms with Gasteiger partial charge in [0.1, 0.15) is 0 Å². The Balaban J connectivity index is 1.89. The second-order valence-electron chi connectivity index (χ2n) is 5.17. The summed E-state index contributed by atoms with van der Waals surface area (Å²) in [4.78, 5) is 2.64. The minimum Gasteiger partial charge on any atom is -0.381 e. The molecule has 2 saturated heterocycles. The number of nitrogens with zero attached hydrogens (tertiary/aromatic N) is 1. The van der Waals surface area contributed by atoms with E-state index in [4.69, 9.17) is 4.74 Å². The van der Waals surface area contributed by atoms with Crippen molar-refractivity contribution < 1.29 is 4.74 Å². The number of hydrogen-bond acceptors (Lipinski definition) is 3. The summed E-state index contributed by atoms with van der Waals surface area (Å²) < 4.78 is 5.48. The first-order valence-corrected chi connectivity index (χ1v) is 6.30. The molecule has 0 aliphatic carbocycles. The molecule has 2 aliphatic rings. The molecule has 15 heavy (non-hydrogen) atoms. The summed E-state index contributed by atoms with van der Waals surface area (Å²) in [5, 5.41) is 3.50. The van der Waals surface area contributed by atoms with Crippen LogP contribution in [0.4, 0.5) is 0 Å². The fourth-order valence-electron chi connectivity index (χ4n) is 2.73. The fourth-order valence-corrected chi connectivity index (χ4v) is 2.73. The zero-order valence-electron chi connectivity index (χ0n) is 10.0. The van der Waals surface area contributed by atoms with Crippen molar-refractivity contribution in [1.82, 2.24) is 10.2 Å². The SMILES string of the molecule is CC1CNCCN(C(C)C2CCOC2)C1. The van der Waals surface area contributed by atoms with E-state index >= 15 is 0 Å². The van der Waals surface area contributed by atoms with E-state index in [9.17, 15) is 0 Å². The number of ether oxygens (including phenoxy) is 1. The number of hydrogen-bond donors (Lipinski definition) is 1. The van der Waals surface area contributed by atoms with E-state index in [0.29, 0.717) is 6.04 Å². The second-order valence-corrected chi connectivity index (χ2v) is 5.17. The lowest BCUT2D eigenvalue weighted by atomic mass is 9.98. The highest BCUT2D eigenvalue weighted by atomic mass is 16.5. The Bertz CT molecular complexity index is 192. The molecular weight excluding hydrogens is 188 g/mol. The van der Waals surface area contributed by atoms with E-state index in [1.54, 1.807) is 0 Å². The summed E-state index contributed by atoms with van der Waals surface area (Å²) in [5.74, 6) is 1.53. The minimum atomic E-state index is 0.690. The summed E-state index contributed by atoms with van der Waals surface area (Å²) in [6, 6.07) is 0.690. The van der Waals surface area contributed by atoms with Crippen molar-refractivity contribution in [3.63, 3.8) is 0 Å². The molecule has 3 nitrogen and oxygen atoms in total. The van der Waals surface area contributed by atoms with Gasteiger partial charge < -0.3 is 10.1 Å². The maximum absolute atomic E-state index is 5.48. The molecule has 0 amide bonds. The second kappa shape index (κ2) is 5.28. The van der Waals surface area contributed by atoms with Crippen LogP contribution in [0, 0.1) is 11.8 Å². The van der Waals surface area contributed by atoms with Gasteiger partial charge in [-0.3, -0.25) is 4.90 Å². The average Bonchev–Trinajstić information content (AvgIpc) is 2.67. The summed E-state index contributed by atoms with van der Waals surface area (Å²) in [6.45, 7) is 11.4. The summed E-state index contributed by atoms with van der Waals surface area (Å²) in [6.07, 6.45) is 1.25. The molecule has 0 bridgehead atoms. The van der Waals surface area contributed by atoms with E-state index in [0.717, 1.165) is 31.6 Å². The largest absolute Gasteiger partial charge is 0.381 e. The van der Waals surface area contributed by atoms with E-state index < -0.39 is 0 Å². The third-order valence-corrected chi connectivity index (χ3v) is 3.84. The summed E-state index contributed by atoms with van der Waals surface area (Å²) in [7, 11) is 0. The van der Waals surface area contributed by atoms with Gasteiger partial charge >= 0.3 is 0 Å². The summed E-state index contributed by atoms with van der Waals surface area (Å²) >= 11 is 0. The molecule has 2 aliphatic heterocycles. The van der Waals surface area contributed by atoms with Crippen molar-refractivity contribution in [3.05, 3.63) is 0 Å². The van der Waals surface area contributed by atoms with Crippen molar-refractivity contribution in [2.75, 3.05) is 39.4 Å². The summed E-state index contributed by atoms with van der Waals surface area (Å²) in [5.41, 5.74) is 0. The van der Waals surface area contributed by atoms with Crippen LogP contribution < -0.4 is 5.32 Å². The first kappa shape index (κ1) is 11.4. The molecule has 0 radical (unpaired) electrons. The quantitative estimate of drug-likeness (QED) is 0.737. The minimum absolute atomic E-state index is 0.690. The number of nitrogens with one attached hydrogen (secondary N) is 1. The molecule has 0 aromatic carbocycles. The standard InChI is InChI=1S/C12H24N2O/c1-10-7-13-4-5-14(8-10)11(2)12-3-6-15-9-12/h10-13H,3-9H2,1-2H3.